The van der Waals surface area contributed by atoms with Gasteiger partial charge in [-0.15, -0.1) is 0 Å². The second kappa shape index (κ2) is 8.71. The van der Waals surface area contributed by atoms with Crippen molar-refractivity contribution in [2.45, 2.75) is 26.3 Å². The van der Waals surface area contributed by atoms with E-state index in [-0.39, 0.29) is 18.0 Å². The first-order valence-corrected chi connectivity index (χ1v) is 10.3. The number of hydrogen-bond donors (Lipinski definition) is 1. The van der Waals surface area contributed by atoms with Gasteiger partial charge in [-0.25, -0.2) is 4.98 Å². The van der Waals surface area contributed by atoms with Crippen molar-refractivity contribution >= 4 is 34.5 Å². The molecule has 0 spiro atoms. The molecule has 3 aromatic rings. The molecule has 0 fully saturated rings. The highest BCUT2D eigenvalue weighted by Gasteiger charge is 2.14. The van der Waals surface area contributed by atoms with Gasteiger partial charge in [0.05, 0.1) is 24.1 Å². The Kier molecular flexibility index (Phi) is 5.86. The lowest BCUT2D eigenvalue weighted by atomic mass is 10.1. The van der Waals surface area contributed by atoms with Crippen LogP contribution in [-0.2, 0) is 17.8 Å². The average molecular weight is 424 g/mol. The first kappa shape index (κ1) is 20.2. The van der Waals surface area contributed by atoms with Gasteiger partial charge in [0.1, 0.15) is 11.6 Å². The first-order chi connectivity index (χ1) is 14.5. The Morgan fingerprint density at radius 1 is 1.30 bits per heavy atom. The van der Waals surface area contributed by atoms with E-state index in [2.05, 4.69) is 9.97 Å². The van der Waals surface area contributed by atoms with Crippen molar-refractivity contribution in [3.63, 3.8) is 0 Å². The number of amides is 1. The zero-order valence-electron chi connectivity index (χ0n) is 16.7. The van der Waals surface area contributed by atoms with Crippen molar-refractivity contribution in [2.24, 2.45) is 0 Å². The fourth-order valence-electron chi connectivity index (χ4n) is 3.54. The van der Waals surface area contributed by atoms with Crippen molar-refractivity contribution < 1.29 is 9.53 Å². The first-order valence-electron chi connectivity index (χ1n) is 9.94. The number of fused-ring (bicyclic) bond motifs is 2. The summed E-state index contributed by atoms with van der Waals surface area (Å²) in [7, 11) is 0. The van der Waals surface area contributed by atoms with Gasteiger partial charge in [-0.3, -0.25) is 9.59 Å². The Balaban J connectivity index is 1.54. The van der Waals surface area contributed by atoms with Crippen LogP contribution in [0.25, 0.3) is 17.0 Å². The molecule has 4 rings (SSSR count). The number of nitrogens with one attached hydrogen (secondary N) is 1. The molecular formula is C23H22ClN3O3. The van der Waals surface area contributed by atoms with Crippen LogP contribution in [0.3, 0.4) is 0 Å². The molecule has 0 bridgehead atoms. The fraction of sp³-hybridized carbons (Fsp3) is 0.261. The monoisotopic (exact) mass is 423 g/mol. The molecule has 0 saturated carbocycles. The number of hydrogen-bond acceptors (Lipinski definition) is 4. The third-order valence-corrected chi connectivity index (χ3v) is 5.23. The van der Waals surface area contributed by atoms with Gasteiger partial charge in [0.25, 0.3) is 5.56 Å². The quantitative estimate of drug-likeness (QED) is 0.609. The van der Waals surface area contributed by atoms with Crippen molar-refractivity contribution in [3.8, 4) is 5.75 Å². The second-order valence-electron chi connectivity index (χ2n) is 7.23. The minimum absolute atomic E-state index is 0.137. The smallest absolute Gasteiger partial charge is 0.258 e. The van der Waals surface area contributed by atoms with Gasteiger partial charge in [0.15, 0.2) is 0 Å². The topological polar surface area (TPSA) is 75.3 Å². The summed E-state index contributed by atoms with van der Waals surface area (Å²) >= 11 is 6.03. The van der Waals surface area contributed by atoms with Gasteiger partial charge in [0, 0.05) is 24.1 Å². The van der Waals surface area contributed by atoms with Crippen molar-refractivity contribution in [3.05, 3.63) is 74.8 Å². The average Bonchev–Trinajstić information content (AvgIpc) is 3.19. The van der Waals surface area contributed by atoms with Crippen molar-refractivity contribution in [1.82, 2.24) is 14.9 Å². The van der Waals surface area contributed by atoms with Crippen LogP contribution in [0.5, 0.6) is 5.75 Å². The van der Waals surface area contributed by atoms with Gasteiger partial charge in [-0.05, 0) is 54.0 Å². The minimum Gasteiger partial charge on any atom is -0.493 e. The Hall–Kier alpha value is -3.12. The van der Waals surface area contributed by atoms with E-state index in [1.54, 1.807) is 35.3 Å². The Labute approximate surface area is 179 Å². The number of aromatic nitrogens is 2. The minimum atomic E-state index is -0.244. The Bertz CT molecular complexity index is 1190. The summed E-state index contributed by atoms with van der Waals surface area (Å²) in [4.78, 5) is 34.1. The molecular weight excluding hydrogens is 402 g/mol. The summed E-state index contributed by atoms with van der Waals surface area (Å²) in [5, 5.41) is 0.979. The number of nitrogens with zero attached hydrogens (tertiary/aromatic N) is 2. The molecule has 1 N–H and O–H groups in total. The molecule has 0 saturated heterocycles. The van der Waals surface area contributed by atoms with E-state index in [0.29, 0.717) is 34.9 Å². The van der Waals surface area contributed by atoms with Crippen LogP contribution in [-0.4, -0.2) is 33.9 Å². The van der Waals surface area contributed by atoms with E-state index in [4.69, 9.17) is 16.3 Å². The third kappa shape index (κ3) is 4.39. The number of carbonyl (C=O) groups is 1. The van der Waals surface area contributed by atoms with E-state index in [1.807, 2.05) is 25.1 Å². The summed E-state index contributed by atoms with van der Waals surface area (Å²) in [5.41, 5.74) is 2.38. The molecule has 0 radical (unpaired) electrons. The van der Waals surface area contributed by atoms with E-state index in [0.717, 1.165) is 29.7 Å². The lowest BCUT2D eigenvalue weighted by Gasteiger charge is -2.20. The highest BCUT2D eigenvalue weighted by Crippen LogP contribution is 2.26. The predicted molar refractivity (Wildman–Crippen MR) is 118 cm³/mol. The van der Waals surface area contributed by atoms with Crippen LogP contribution >= 0.6 is 11.6 Å². The number of benzene rings is 2. The van der Waals surface area contributed by atoms with Crippen LogP contribution < -0.4 is 10.3 Å². The van der Waals surface area contributed by atoms with Crippen LogP contribution in [0.1, 0.15) is 30.3 Å². The molecule has 1 amide bonds. The molecule has 2 heterocycles. The lowest BCUT2D eigenvalue weighted by molar-refractivity contribution is -0.126. The highest BCUT2D eigenvalue weighted by molar-refractivity contribution is 6.31. The molecule has 154 valence electrons. The maximum Gasteiger partial charge on any atom is 0.258 e. The number of carbonyl (C=O) groups excluding carboxylic acids is 1. The largest absolute Gasteiger partial charge is 0.493 e. The van der Waals surface area contributed by atoms with Crippen LogP contribution in [0.4, 0.5) is 0 Å². The number of rotatable bonds is 6. The number of ether oxygens (including phenoxy) is 1. The lowest BCUT2D eigenvalue weighted by Crippen LogP contribution is -2.31. The Morgan fingerprint density at radius 2 is 2.17 bits per heavy atom. The molecule has 0 unspecified atom stereocenters. The molecule has 0 atom stereocenters. The Morgan fingerprint density at radius 3 is 3.00 bits per heavy atom. The number of H-pyrrole nitrogens is 1. The van der Waals surface area contributed by atoms with E-state index < -0.39 is 0 Å². The molecule has 1 aliphatic heterocycles. The summed E-state index contributed by atoms with van der Waals surface area (Å²) in [5.74, 6) is 1.21. The molecule has 1 aromatic heterocycles. The summed E-state index contributed by atoms with van der Waals surface area (Å²) < 4.78 is 5.52. The molecule has 30 heavy (non-hydrogen) atoms. The van der Waals surface area contributed by atoms with E-state index in [1.165, 1.54) is 0 Å². The highest BCUT2D eigenvalue weighted by atomic mass is 35.5. The fourth-order valence-corrected chi connectivity index (χ4v) is 3.70. The molecule has 1 aliphatic rings. The van der Waals surface area contributed by atoms with E-state index >= 15 is 0 Å². The SMILES string of the molecule is CCCN(Cc1nc2cc(Cl)ccc2c(=O)[nH]1)C(=O)/C=C/c1ccc2c(c1)CCO2. The van der Waals surface area contributed by atoms with Gasteiger partial charge in [-0.2, -0.15) is 0 Å². The molecule has 7 heteroatoms. The summed E-state index contributed by atoms with van der Waals surface area (Å²) in [6.45, 7) is 3.47. The van der Waals surface area contributed by atoms with Crippen molar-refractivity contribution in [2.75, 3.05) is 13.2 Å². The normalized spacial score (nSPS) is 12.9. The zero-order chi connectivity index (χ0) is 21.1. The van der Waals surface area contributed by atoms with Gasteiger partial charge < -0.3 is 14.6 Å². The molecule has 6 nitrogen and oxygen atoms in total. The maximum absolute atomic E-state index is 12.8. The summed E-state index contributed by atoms with van der Waals surface area (Å²) in [6, 6.07) is 10.9. The van der Waals surface area contributed by atoms with Gasteiger partial charge >= 0.3 is 0 Å². The van der Waals surface area contributed by atoms with Crippen molar-refractivity contribution in [1.29, 1.82) is 0 Å². The van der Waals surface area contributed by atoms with Gasteiger partial charge in [-0.1, -0.05) is 24.6 Å². The number of aromatic amines is 1. The second-order valence-corrected chi connectivity index (χ2v) is 7.67. The van der Waals surface area contributed by atoms with Crippen LogP contribution in [0.15, 0.2) is 47.3 Å². The predicted octanol–water partition coefficient (Wildman–Crippen LogP) is 3.96. The number of halogens is 1. The van der Waals surface area contributed by atoms with Crippen LogP contribution in [0.2, 0.25) is 5.02 Å². The molecule has 0 aliphatic carbocycles. The molecule has 2 aromatic carbocycles. The third-order valence-electron chi connectivity index (χ3n) is 5.00. The van der Waals surface area contributed by atoms with Crippen LogP contribution in [0, 0.1) is 0 Å². The zero-order valence-corrected chi connectivity index (χ0v) is 17.4. The van der Waals surface area contributed by atoms with E-state index in [9.17, 15) is 9.59 Å². The van der Waals surface area contributed by atoms with Gasteiger partial charge in [0.2, 0.25) is 5.91 Å². The maximum atomic E-state index is 12.8. The summed E-state index contributed by atoms with van der Waals surface area (Å²) in [6.07, 6.45) is 5.04. The standard InChI is InChI=1S/C23H22ClN3O3/c1-2-10-27(14-21-25-19-13-17(24)5-6-18(19)23(29)26-21)22(28)8-4-15-3-7-20-16(12-15)9-11-30-20/h3-8,12-13H,2,9-11,14H2,1H3,(H,25,26,29)/b8-4+.